The van der Waals surface area contributed by atoms with Crippen LogP contribution in [-0.4, -0.2) is 36.9 Å². The number of hydrazone groups is 1. The molecule has 1 saturated heterocycles. The number of hydrogen-bond acceptors (Lipinski definition) is 5. The van der Waals surface area contributed by atoms with Crippen LogP contribution >= 0.6 is 0 Å². The summed E-state index contributed by atoms with van der Waals surface area (Å²) in [6.45, 7) is 3.39. The van der Waals surface area contributed by atoms with Crippen molar-refractivity contribution in [1.29, 1.82) is 0 Å². The molecule has 2 rings (SSSR count). The van der Waals surface area contributed by atoms with Crippen molar-refractivity contribution in [2.75, 3.05) is 30.5 Å². The summed E-state index contributed by atoms with van der Waals surface area (Å²) in [5.41, 5.74) is 7.13. The van der Waals surface area contributed by atoms with Crippen molar-refractivity contribution in [3.63, 3.8) is 0 Å². The molecule has 0 bridgehead atoms. The molecular weight excluding hydrogens is 318 g/mol. The van der Waals surface area contributed by atoms with Crippen LogP contribution in [0.5, 0.6) is 0 Å². The number of benzene rings is 1. The standard InChI is InChI=1S/C14H19N5O5/c1-9-2-3-11(16-13(15)18-19(21)22)6-12(9)17-14(20)24-8-10-4-5-23-7-10/h2-3,6,10H,4-5,7-8H2,1H3,(H,17,20)(H3,15,16,18). The summed E-state index contributed by atoms with van der Waals surface area (Å²) in [4.78, 5) is 22.1. The molecule has 1 amide bonds. The van der Waals surface area contributed by atoms with E-state index < -0.39 is 11.1 Å². The zero-order chi connectivity index (χ0) is 17.5. The summed E-state index contributed by atoms with van der Waals surface area (Å²) < 4.78 is 10.4. The number of hydrogen-bond donors (Lipinski definition) is 3. The van der Waals surface area contributed by atoms with Crippen molar-refractivity contribution in [3.8, 4) is 0 Å². The lowest BCUT2D eigenvalue weighted by Crippen LogP contribution is -2.24. The van der Waals surface area contributed by atoms with Gasteiger partial charge in [0.1, 0.15) is 5.10 Å². The number of amides is 1. The van der Waals surface area contributed by atoms with Gasteiger partial charge in [-0.25, -0.2) is 14.9 Å². The fourth-order valence-electron chi connectivity index (χ4n) is 2.15. The van der Waals surface area contributed by atoms with Crippen molar-refractivity contribution < 1.29 is 19.3 Å². The largest absolute Gasteiger partial charge is 0.449 e. The van der Waals surface area contributed by atoms with Crippen molar-refractivity contribution in [1.82, 2.24) is 0 Å². The summed E-state index contributed by atoms with van der Waals surface area (Å²) >= 11 is 0. The molecule has 10 nitrogen and oxygen atoms in total. The smallest absolute Gasteiger partial charge is 0.411 e. The molecule has 4 N–H and O–H groups in total. The van der Waals surface area contributed by atoms with Gasteiger partial charge in [0.2, 0.25) is 0 Å². The van der Waals surface area contributed by atoms with Crippen molar-refractivity contribution in [2.24, 2.45) is 16.8 Å². The van der Waals surface area contributed by atoms with Gasteiger partial charge in [0.25, 0.3) is 5.96 Å². The Morgan fingerprint density at radius 3 is 3.00 bits per heavy atom. The average molecular weight is 337 g/mol. The molecule has 0 radical (unpaired) electrons. The number of nitrogens with zero attached hydrogens (tertiary/aromatic N) is 2. The van der Waals surface area contributed by atoms with Gasteiger partial charge < -0.3 is 20.5 Å². The molecule has 0 saturated carbocycles. The summed E-state index contributed by atoms with van der Waals surface area (Å²) in [6, 6.07) is 4.96. The van der Waals surface area contributed by atoms with E-state index in [0.29, 0.717) is 31.2 Å². The van der Waals surface area contributed by atoms with Crippen LogP contribution in [0.15, 0.2) is 23.3 Å². The van der Waals surface area contributed by atoms with Crippen LogP contribution in [0.1, 0.15) is 12.0 Å². The van der Waals surface area contributed by atoms with E-state index in [-0.39, 0.29) is 11.9 Å². The van der Waals surface area contributed by atoms with Crippen LogP contribution < -0.4 is 16.4 Å². The molecule has 1 atom stereocenters. The fourth-order valence-corrected chi connectivity index (χ4v) is 2.15. The highest BCUT2D eigenvalue weighted by Gasteiger charge is 2.18. The van der Waals surface area contributed by atoms with Crippen molar-refractivity contribution in [2.45, 2.75) is 13.3 Å². The Kier molecular flexibility index (Phi) is 5.90. The van der Waals surface area contributed by atoms with Crippen LogP contribution in [0.25, 0.3) is 0 Å². The van der Waals surface area contributed by atoms with Gasteiger partial charge in [0.05, 0.1) is 13.2 Å². The van der Waals surface area contributed by atoms with Gasteiger partial charge in [0.15, 0.2) is 5.03 Å². The number of aryl methyl sites for hydroxylation is 1. The number of carbonyl (C=O) groups is 1. The highest BCUT2D eigenvalue weighted by atomic mass is 16.7. The molecule has 1 heterocycles. The summed E-state index contributed by atoms with van der Waals surface area (Å²) in [7, 11) is 0. The summed E-state index contributed by atoms with van der Waals surface area (Å²) in [6.07, 6.45) is 0.301. The summed E-state index contributed by atoms with van der Waals surface area (Å²) in [5.74, 6) is -0.137. The topological polar surface area (TPSA) is 141 Å². The van der Waals surface area contributed by atoms with Crippen LogP contribution in [0.3, 0.4) is 0 Å². The number of carbonyl (C=O) groups excluding carboxylic acids is 1. The number of ether oxygens (including phenoxy) is 2. The quantitative estimate of drug-likeness (QED) is 0.320. The lowest BCUT2D eigenvalue weighted by atomic mass is 10.1. The van der Waals surface area contributed by atoms with E-state index in [2.05, 4.69) is 15.7 Å². The Hall–Kier alpha value is -2.88. The van der Waals surface area contributed by atoms with E-state index in [1.54, 1.807) is 25.1 Å². The molecular formula is C14H19N5O5. The first-order chi connectivity index (χ1) is 11.4. The van der Waals surface area contributed by atoms with Gasteiger partial charge in [0, 0.05) is 23.9 Å². The van der Waals surface area contributed by atoms with Crippen LogP contribution in [0, 0.1) is 23.0 Å². The maximum atomic E-state index is 11.9. The SMILES string of the molecule is Cc1ccc(N/C(N)=N/[N+](=O)[O-])cc1NC(=O)OCC1CCOC1. The molecule has 1 fully saturated rings. The predicted octanol–water partition coefficient (Wildman–Crippen LogP) is 1.50. The molecule has 0 aromatic heterocycles. The van der Waals surface area contributed by atoms with E-state index in [1.165, 1.54) is 0 Å². The molecule has 0 spiro atoms. The molecule has 1 aliphatic rings. The van der Waals surface area contributed by atoms with Gasteiger partial charge in [-0.15, -0.1) is 0 Å². The number of guanidine groups is 1. The Balaban J connectivity index is 1.94. The zero-order valence-corrected chi connectivity index (χ0v) is 13.2. The van der Waals surface area contributed by atoms with Gasteiger partial charge in [-0.3, -0.25) is 5.32 Å². The maximum absolute atomic E-state index is 11.9. The lowest BCUT2D eigenvalue weighted by Gasteiger charge is -2.13. The number of nitrogens with one attached hydrogen (secondary N) is 2. The second kappa shape index (κ2) is 8.11. The Labute approximate surface area is 138 Å². The third kappa shape index (κ3) is 5.39. The van der Waals surface area contributed by atoms with E-state index in [0.717, 1.165) is 12.0 Å². The third-order valence-corrected chi connectivity index (χ3v) is 3.41. The highest BCUT2D eigenvalue weighted by Crippen LogP contribution is 2.21. The number of nitro groups is 1. The minimum Gasteiger partial charge on any atom is -0.449 e. The van der Waals surface area contributed by atoms with E-state index in [9.17, 15) is 14.9 Å². The molecule has 130 valence electrons. The minimum absolute atomic E-state index is 0.225. The Bertz CT molecular complexity index is 642. The number of rotatable bonds is 5. The predicted molar refractivity (Wildman–Crippen MR) is 87.3 cm³/mol. The Morgan fingerprint density at radius 1 is 1.54 bits per heavy atom. The van der Waals surface area contributed by atoms with Crippen molar-refractivity contribution >= 4 is 23.4 Å². The van der Waals surface area contributed by atoms with Gasteiger partial charge in [-0.1, -0.05) is 6.07 Å². The third-order valence-electron chi connectivity index (χ3n) is 3.41. The molecule has 1 unspecified atom stereocenters. The van der Waals surface area contributed by atoms with Crippen LogP contribution in [-0.2, 0) is 9.47 Å². The first-order valence-electron chi connectivity index (χ1n) is 7.31. The zero-order valence-electron chi connectivity index (χ0n) is 13.2. The Morgan fingerprint density at radius 2 is 2.33 bits per heavy atom. The van der Waals surface area contributed by atoms with Crippen molar-refractivity contribution in [3.05, 3.63) is 33.9 Å². The van der Waals surface area contributed by atoms with Gasteiger partial charge in [-0.2, -0.15) is 0 Å². The normalized spacial score (nSPS) is 17.4. The average Bonchev–Trinajstić information content (AvgIpc) is 3.01. The first kappa shape index (κ1) is 17.5. The van der Waals surface area contributed by atoms with E-state index >= 15 is 0 Å². The summed E-state index contributed by atoms with van der Waals surface area (Å²) in [5, 5.41) is 17.5. The van der Waals surface area contributed by atoms with Crippen LogP contribution in [0.4, 0.5) is 16.2 Å². The van der Waals surface area contributed by atoms with Crippen LogP contribution in [0.2, 0.25) is 0 Å². The number of nitrogens with two attached hydrogens (primary N) is 1. The highest BCUT2D eigenvalue weighted by molar-refractivity contribution is 5.93. The fraction of sp³-hybridized carbons (Fsp3) is 0.429. The second-order valence-corrected chi connectivity index (χ2v) is 5.33. The molecule has 24 heavy (non-hydrogen) atoms. The first-order valence-corrected chi connectivity index (χ1v) is 7.31. The second-order valence-electron chi connectivity index (χ2n) is 5.33. The molecule has 0 aliphatic carbocycles. The minimum atomic E-state index is -0.903. The number of anilines is 2. The maximum Gasteiger partial charge on any atom is 0.411 e. The van der Waals surface area contributed by atoms with Gasteiger partial charge in [-0.05, 0) is 31.0 Å². The molecule has 1 aliphatic heterocycles. The van der Waals surface area contributed by atoms with E-state index in [4.69, 9.17) is 15.2 Å². The van der Waals surface area contributed by atoms with Gasteiger partial charge >= 0.3 is 6.09 Å². The lowest BCUT2D eigenvalue weighted by molar-refractivity contribution is -0.485. The molecule has 10 heteroatoms. The monoisotopic (exact) mass is 337 g/mol. The molecule has 1 aromatic rings. The van der Waals surface area contributed by atoms with E-state index in [1.807, 2.05) is 0 Å². The molecule has 1 aromatic carbocycles.